The molecule has 0 radical (unpaired) electrons. The molecule has 3 aromatic rings. The Morgan fingerprint density at radius 2 is 1.91 bits per heavy atom. The molecule has 112 valence electrons. The van der Waals surface area contributed by atoms with Gasteiger partial charge in [-0.15, -0.1) is 0 Å². The van der Waals surface area contributed by atoms with Crippen LogP contribution in [0.25, 0.3) is 10.9 Å². The monoisotopic (exact) mass is 298 g/mol. The maximum atomic E-state index is 13.7. The quantitative estimate of drug-likeness (QED) is 0.737. The number of benzene rings is 2. The van der Waals surface area contributed by atoms with Gasteiger partial charge in [-0.25, -0.2) is 9.37 Å². The van der Waals surface area contributed by atoms with E-state index in [0.717, 1.165) is 10.9 Å². The van der Waals surface area contributed by atoms with E-state index >= 15 is 0 Å². The molecule has 5 heteroatoms. The summed E-state index contributed by atoms with van der Waals surface area (Å²) in [6.07, 6.45) is 0. The standard InChI is InChI=1S/C17H15FN2O2/c1-11-19-15-6-4-3-5-13(15)17(20-11)22-10-12-7-8-16(21-2)14(18)9-12/h3-9H,10H2,1-2H3. The highest BCUT2D eigenvalue weighted by atomic mass is 19.1. The molecule has 0 saturated carbocycles. The molecule has 0 amide bonds. The van der Waals surface area contributed by atoms with Gasteiger partial charge in [0.25, 0.3) is 0 Å². The minimum atomic E-state index is -0.410. The first-order valence-corrected chi connectivity index (χ1v) is 6.86. The topological polar surface area (TPSA) is 44.2 Å². The lowest BCUT2D eigenvalue weighted by Crippen LogP contribution is -2.01. The summed E-state index contributed by atoms with van der Waals surface area (Å²) >= 11 is 0. The van der Waals surface area contributed by atoms with Crippen molar-refractivity contribution < 1.29 is 13.9 Å². The first-order chi connectivity index (χ1) is 10.7. The molecule has 22 heavy (non-hydrogen) atoms. The fourth-order valence-electron chi connectivity index (χ4n) is 2.22. The van der Waals surface area contributed by atoms with Gasteiger partial charge in [-0.05, 0) is 36.8 Å². The highest BCUT2D eigenvalue weighted by Gasteiger charge is 2.08. The van der Waals surface area contributed by atoms with Crippen LogP contribution in [-0.2, 0) is 6.61 Å². The van der Waals surface area contributed by atoms with E-state index in [1.807, 2.05) is 31.2 Å². The van der Waals surface area contributed by atoms with Crippen LogP contribution >= 0.6 is 0 Å². The number of halogens is 1. The summed E-state index contributed by atoms with van der Waals surface area (Å²) in [5, 5.41) is 0.835. The Hall–Kier alpha value is -2.69. The fraction of sp³-hybridized carbons (Fsp3) is 0.176. The number of hydrogen-bond donors (Lipinski definition) is 0. The molecule has 1 aromatic heterocycles. The van der Waals surface area contributed by atoms with Crippen molar-refractivity contribution in [3.63, 3.8) is 0 Å². The predicted octanol–water partition coefficient (Wildman–Crippen LogP) is 3.66. The lowest BCUT2D eigenvalue weighted by molar-refractivity contribution is 0.295. The van der Waals surface area contributed by atoms with Crippen molar-refractivity contribution in [3.05, 3.63) is 59.7 Å². The molecule has 0 fully saturated rings. The Labute approximate surface area is 127 Å². The van der Waals surface area contributed by atoms with Gasteiger partial charge < -0.3 is 9.47 Å². The molecule has 1 heterocycles. The average molecular weight is 298 g/mol. The molecule has 0 aliphatic carbocycles. The van der Waals surface area contributed by atoms with Crippen molar-refractivity contribution in [2.45, 2.75) is 13.5 Å². The van der Waals surface area contributed by atoms with E-state index in [-0.39, 0.29) is 12.4 Å². The average Bonchev–Trinajstić information content (AvgIpc) is 2.52. The first kappa shape index (κ1) is 14.3. The number of nitrogens with zero attached hydrogens (tertiary/aromatic N) is 2. The summed E-state index contributed by atoms with van der Waals surface area (Å²) < 4.78 is 24.3. The lowest BCUT2D eigenvalue weighted by Gasteiger charge is -2.10. The molecule has 0 unspecified atom stereocenters. The number of methoxy groups -OCH3 is 1. The molecule has 0 aliphatic heterocycles. The van der Waals surface area contributed by atoms with Crippen molar-refractivity contribution in [2.75, 3.05) is 7.11 Å². The number of aromatic nitrogens is 2. The second-order valence-electron chi connectivity index (χ2n) is 4.85. The number of para-hydroxylation sites is 1. The zero-order chi connectivity index (χ0) is 15.5. The van der Waals surface area contributed by atoms with Crippen LogP contribution in [-0.4, -0.2) is 17.1 Å². The maximum Gasteiger partial charge on any atom is 0.225 e. The maximum absolute atomic E-state index is 13.7. The predicted molar refractivity (Wildman–Crippen MR) is 81.6 cm³/mol. The van der Waals surface area contributed by atoms with Crippen LogP contribution in [0.5, 0.6) is 11.6 Å². The summed E-state index contributed by atoms with van der Waals surface area (Å²) in [4.78, 5) is 8.68. The van der Waals surface area contributed by atoms with Gasteiger partial charge in [-0.3, -0.25) is 0 Å². The summed E-state index contributed by atoms with van der Waals surface area (Å²) in [7, 11) is 1.43. The number of aryl methyl sites for hydroxylation is 1. The fourth-order valence-corrected chi connectivity index (χ4v) is 2.22. The van der Waals surface area contributed by atoms with Gasteiger partial charge >= 0.3 is 0 Å². The third-order valence-electron chi connectivity index (χ3n) is 3.27. The number of hydrogen-bond acceptors (Lipinski definition) is 4. The van der Waals surface area contributed by atoms with Crippen molar-refractivity contribution in [3.8, 4) is 11.6 Å². The van der Waals surface area contributed by atoms with E-state index in [1.54, 1.807) is 12.1 Å². The molecule has 4 nitrogen and oxygen atoms in total. The Morgan fingerprint density at radius 1 is 1.09 bits per heavy atom. The normalized spacial score (nSPS) is 10.7. The number of rotatable bonds is 4. The number of ether oxygens (including phenoxy) is 2. The van der Waals surface area contributed by atoms with E-state index in [9.17, 15) is 4.39 Å². The van der Waals surface area contributed by atoms with Crippen LogP contribution in [0.4, 0.5) is 4.39 Å². The summed E-state index contributed by atoms with van der Waals surface area (Å²) in [5.41, 5.74) is 1.53. The van der Waals surface area contributed by atoms with Crippen molar-refractivity contribution in [1.29, 1.82) is 0 Å². The molecular weight excluding hydrogens is 283 g/mol. The Bertz CT molecular complexity index is 821. The Morgan fingerprint density at radius 3 is 2.68 bits per heavy atom. The summed E-state index contributed by atoms with van der Waals surface area (Å²) in [5.74, 6) is 0.938. The highest BCUT2D eigenvalue weighted by molar-refractivity contribution is 5.83. The zero-order valence-corrected chi connectivity index (χ0v) is 12.3. The first-order valence-electron chi connectivity index (χ1n) is 6.86. The third-order valence-corrected chi connectivity index (χ3v) is 3.27. The molecule has 0 N–H and O–H groups in total. The van der Waals surface area contributed by atoms with Crippen LogP contribution in [0.3, 0.4) is 0 Å². The SMILES string of the molecule is COc1ccc(COc2nc(C)nc3ccccc23)cc1F. The van der Waals surface area contributed by atoms with Crippen LogP contribution in [0.1, 0.15) is 11.4 Å². The minimum Gasteiger partial charge on any atom is -0.494 e. The minimum absolute atomic E-state index is 0.215. The van der Waals surface area contributed by atoms with E-state index < -0.39 is 5.82 Å². The Kier molecular flexibility index (Phi) is 3.87. The zero-order valence-electron chi connectivity index (χ0n) is 12.3. The van der Waals surface area contributed by atoms with Crippen LogP contribution in [0.15, 0.2) is 42.5 Å². The molecule has 0 saturated heterocycles. The van der Waals surface area contributed by atoms with E-state index in [2.05, 4.69) is 9.97 Å². The van der Waals surface area contributed by atoms with Gasteiger partial charge in [0.15, 0.2) is 11.6 Å². The molecule has 0 atom stereocenters. The number of fused-ring (bicyclic) bond motifs is 1. The van der Waals surface area contributed by atoms with E-state index in [4.69, 9.17) is 9.47 Å². The molecule has 2 aromatic carbocycles. The molecule has 0 aliphatic rings. The van der Waals surface area contributed by atoms with Crippen molar-refractivity contribution in [1.82, 2.24) is 9.97 Å². The van der Waals surface area contributed by atoms with E-state index in [0.29, 0.717) is 17.3 Å². The van der Waals surface area contributed by atoms with Gasteiger partial charge in [-0.1, -0.05) is 18.2 Å². The summed E-state index contributed by atoms with van der Waals surface area (Å²) in [6, 6.07) is 12.4. The summed E-state index contributed by atoms with van der Waals surface area (Å²) in [6.45, 7) is 2.04. The van der Waals surface area contributed by atoms with Crippen LogP contribution < -0.4 is 9.47 Å². The van der Waals surface area contributed by atoms with Crippen LogP contribution in [0.2, 0.25) is 0 Å². The second-order valence-corrected chi connectivity index (χ2v) is 4.85. The van der Waals surface area contributed by atoms with Gasteiger partial charge in [0.1, 0.15) is 12.4 Å². The third kappa shape index (κ3) is 2.83. The smallest absolute Gasteiger partial charge is 0.225 e. The van der Waals surface area contributed by atoms with Crippen LogP contribution in [0, 0.1) is 12.7 Å². The Balaban J connectivity index is 1.86. The molecular formula is C17H15FN2O2. The largest absolute Gasteiger partial charge is 0.494 e. The second kappa shape index (κ2) is 5.97. The van der Waals surface area contributed by atoms with E-state index in [1.165, 1.54) is 13.2 Å². The van der Waals surface area contributed by atoms with Crippen molar-refractivity contribution in [2.24, 2.45) is 0 Å². The molecule has 3 rings (SSSR count). The lowest BCUT2D eigenvalue weighted by atomic mass is 10.2. The highest BCUT2D eigenvalue weighted by Crippen LogP contribution is 2.24. The molecule has 0 bridgehead atoms. The van der Waals surface area contributed by atoms with Gasteiger partial charge in [0.05, 0.1) is 18.0 Å². The molecule has 0 spiro atoms. The van der Waals surface area contributed by atoms with Gasteiger partial charge in [-0.2, -0.15) is 4.98 Å². The van der Waals surface area contributed by atoms with Gasteiger partial charge in [0, 0.05) is 0 Å². The van der Waals surface area contributed by atoms with Crippen molar-refractivity contribution >= 4 is 10.9 Å². The van der Waals surface area contributed by atoms with Gasteiger partial charge in [0.2, 0.25) is 5.88 Å².